The van der Waals surface area contributed by atoms with Crippen LogP contribution in [-0.4, -0.2) is 43.3 Å². The Morgan fingerprint density at radius 3 is 2.75 bits per heavy atom. The van der Waals surface area contributed by atoms with E-state index in [0.717, 1.165) is 29.0 Å². The van der Waals surface area contributed by atoms with Gasteiger partial charge in [0.25, 0.3) is 5.91 Å². The molecular weight excluding hydrogens is 470 g/mol. The summed E-state index contributed by atoms with van der Waals surface area (Å²) in [6, 6.07) is 10.0. The number of ether oxygens (including phenoxy) is 1. The molecule has 32 heavy (non-hydrogen) atoms. The zero-order chi connectivity index (χ0) is 22.9. The Balaban J connectivity index is 1.56. The van der Waals surface area contributed by atoms with Gasteiger partial charge in [0.2, 0.25) is 10.0 Å². The average molecular weight is 492 g/mol. The first kappa shape index (κ1) is 22.7. The summed E-state index contributed by atoms with van der Waals surface area (Å²) in [6.07, 6.45) is 0.863. The predicted molar refractivity (Wildman–Crippen MR) is 126 cm³/mol. The smallest absolute Gasteiger partial charge is 0.259 e. The third kappa shape index (κ3) is 4.38. The SMILES string of the molecule is CCN(CC)S(=O)(=O)c1ccc(Cl)c(C(=O)Nc2nc(-c3ccc4c(c3)CCO4)cs2)c1. The minimum absolute atomic E-state index is 0.0240. The van der Waals surface area contributed by atoms with Crippen LogP contribution in [0.2, 0.25) is 5.02 Å². The first-order valence-corrected chi connectivity index (χ1v) is 12.9. The van der Waals surface area contributed by atoms with Crippen LogP contribution < -0.4 is 10.1 Å². The molecule has 1 N–H and O–H groups in total. The number of aromatic nitrogens is 1. The van der Waals surface area contributed by atoms with Crippen molar-refractivity contribution in [3.63, 3.8) is 0 Å². The number of anilines is 1. The zero-order valence-corrected chi connectivity index (χ0v) is 20.0. The second kappa shape index (κ2) is 9.19. The summed E-state index contributed by atoms with van der Waals surface area (Å²) in [6.45, 7) is 4.87. The number of amides is 1. The van der Waals surface area contributed by atoms with Gasteiger partial charge in [-0.2, -0.15) is 4.31 Å². The van der Waals surface area contributed by atoms with E-state index in [0.29, 0.717) is 24.8 Å². The van der Waals surface area contributed by atoms with Gasteiger partial charge >= 0.3 is 0 Å². The second-order valence-corrected chi connectivity index (χ2v) is 10.3. The van der Waals surface area contributed by atoms with E-state index in [9.17, 15) is 13.2 Å². The van der Waals surface area contributed by atoms with Crippen LogP contribution in [0.5, 0.6) is 5.75 Å². The highest BCUT2D eigenvalue weighted by molar-refractivity contribution is 7.89. The lowest BCUT2D eigenvalue weighted by Gasteiger charge is -2.19. The normalized spacial score (nSPS) is 13.1. The molecule has 0 bridgehead atoms. The van der Waals surface area contributed by atoms with Crippen molar-refractivity contribution in [1.29, 1.82) is 0 Å². The van der Waals surface area contributed by atoms with E-state index in [2.05, 4.69) is 10.3 Å². The van der Waals surface area contributed by atoms with Crippen LogP contribution >= 0.6 is 22.9 Å². The van der Waals surface area contributed by atoms with Gasteiger partial charge in [-0.25, -0.2) is 13.4 Å². The van der Waals surface area contributed by atoms with Crippen LogP contribution in [0.3, 0.4) is 0 Å². The van der Waals surface area contributed by atoms with Crippen molar-refractivity contribution in [3.8, 4) is 17.0 Å². The summed E-state index contributed by atoms with van der Waals surface area (Å²) in [5.41, 5.74) is 2.89. The van der Waals surface area contributed by atoms with Gasteiger partial charge in [-0.05, 0) is 42.0 Å². The monoisotopic (exact) mass is 491 g/mol. The molecule has 1 aliphatic heterocycles. The minimum atomic E-state index is -3.71. The number of nitrogens with one attached hydrogen (secondary N) is 1. The summed E-state index contributed by atoms with van der Waals surface area (Å²) >= 11 is 7.50. The molecule has 1 aromatic heterocycles. The topological polar surface area (TPSA) is 88.6 Å². The molecule has 7 nitrogen and oxygen atoms in total. The van der Waals surface area contributed by atoms with Gasteiger partial charge in [-0.15, -0.1) is 11.3 Å². The highest BCUT2D eigenvalue weighted by atomic mass is 35.5. The third-order valence-corrected chi connectivity index (χ3v) is 8.37. The Hall–Kier alpha value is -2.46. The van der Waals surface area contributed by atoms with Crippen molar-refractivity contribution in [3.05, 3.63) is 57.9 Å². The van der Waals surface area contributed by atoms with Gasteiger partial charge in [0.1, 0.15) is 5.75 Å². The molecule has 1 amide bonds. The maximum atomic E-state index is 12.9. The number of rotatable bonds is 7. The number of hydrogen-bond donors (Lipinski definition) is 1. The molecule has 0 spiro atoms. The first-order chi connectivity index (χ1) is 15.3. The van der Waals surface area contributed by atoms with Crippen LogP contribution in [0, 0.1) is 0 Å². The van der Waals surface area contributed by atoms with Crippen molar-refractivity contribution in [1.82, 2.24) is 9.29 Å². The van der Waals surface area contributed by atoms with Gasteiger partial charge in [-0.3, -0.25) is 10.1 Å². The van der Waals surface area contributed by atoms with Crippen LogP contribution in [0.1, 0.15) is 29.8 Å². The molecule has 1 aliphatic rings. The number of nitrogens with zero attached hydrogens (tertiary/aromatic N) is 2. The van der Waals surface area contributed by atoms with Gasteiger partial charge in [-0.1, -0.05) is 25.4 Å². The van der Waals surface area contributed by atoms with Crippen LogP contribution in [0.25, 0.3) is 11.3 Å². The molecule has 10 heteroatoms. The summed E-state index contributed by atoms with van der Waals surface area (Å²) in [7, 11) is -3.71. The van der Waals surface area contributed by atoms with Gasteiger partial charge in [0.15, 0.2) is 5.13 Å². The van der Waals surface area contributed by atoms with E-state index >= 15 is 0 Å². The lowest BCUT2D eigenvalue weighted by molar-refractivity contribution is 0.102. The Morgan fingerprint density at radius 1 is 1.22 bits per heavy atom. The van der Waals surface area contributed by atoms with E-state index in [4.69, 9.17) is 16.3 Å². The molecule has 2 heterocycles. The third-order valence-electron chi connectivity index (χ3n) is 5.24. The molecule has 0 radical (unpaired) electrons. The molecule has 0 unspecified atom stereocenters. The van der Waals surface area contributed by atoms with Crippen LogP contribution in [0.15, 0.2) is 46.7 Å². The van der Waals surface area contributed by atoms with Crippen molar-refractivity contribution in [2.75, 3.05) is 25.0 Å². The molecule has 168 valence electrons. The van der Waals surface area contributed by atoms with Crippen molar-refractivity contribution in [2.24, 2.45) is 0 Å². The maximum Gasteiger partial charge on any atom is 0.259 e. The number of halogens is 1. The fraction of sp³-hybridized carbons (Fsp3) is 0.273. The quantitative estimate of drug-likeness (QED) is 0.518. The number of carbonyl (C=O) groups excluding carboxylic acids is 1. The molecule has 0 aliphatic carbocycles. The second-order valence-electron chi connectivity index (χ2n) is 7.14. The summed E-state index contributed by atoms with van der Waals surface area (Å²) in [4.78, 5) is 17.4. The fourth-order valence-electron chi connectivity index (χ4n) is 3.53. The Kier molecular flexibility index (Phi) is 6.52. The Bertz CT molecular complexity index is 1270. The fourth-order valence-corrected chi connectivity index (χ4v) is 5.93. The van der Waals surface area contributed by atoms with E-state index < -0.39 is 15.9 Å². The van der Waals surface area contributed by atoms with Crippen LogP contribution in [-0.2, 0) is 16.4 Å². The lowest BCUT2D eigenvalue weighted by Crippen LogP contribution is -2.30. The maximum absolute atomic E-state index is 12.9. The van der Waals surface area contributed by atoms with Gasteiger partial charge in [0, 0.05) is 30.5 Å². The zero-order valence-electron chi connectivity index (χ0n) is 17.6. The van der Waals surface area contributed by atoms with Gasteiger partial charge in [0.05, 0.1) is 27.8 Å². The van der Waals surface area contributed by atoms with E-state index in [1.54, 1.807) is 13.8 Å². The van der Waals surface area contributed by atoms with Crippen molar-refractivity contribution < 1.29 is 17.9 Å². The molecule has 0 atom stereocenters. The van der Waals surface area contributed by atoms with Crippen molar-refractivity contribution >= 4 is 44.0 Å². The number of carbonyl (C=O) groups is 1. The standard InChI is InChI=1S/C22H22ClN3O4S2/c1-3-26(4-2)32(28,29)16-6-7-18(23)17(12-16)21(27)25-22-24-19(13-31-22)14-5-8-20-15(11-14)9-10-30-20/h5-8,11-13H,3-4,9-10H2,1-2H3,(H,24,25,27). The largest absolute Gasteiger partial charge is 0.493 e. The highest BCUT2D eigenvalue weighted by Gasteiger charge is 2.24. The first-order valence-electron chi connectivity index (χ1n) is 10.2. The highest BCUT2D eigenvalue weighted by Crippen LogP contribution is 2.32. The number of benzene rings is 2. The molecule has 0 saturated heterocycles. The van der Waals surface area contributed by atoms with E-state index in [1.165, 1.54) is 33.8 Å². The molecule has 0 saturated carbocycles. The predicted octanol–water partition coefficient (Wildman–Crippen LogP) is 4.68. The number of hydrogen-bond acceptors (Lipinski definition) is 6. The lowest BCUT2D eigenvalue weighted by atomic mass is 10.1. The van der Waals surface area contributed by atoms with Crippen LogP contribution in [0.4, 0.5) is 5.13 Å². The number of thiazole rings is 1. The van der Waals surface area contributed by atoms with Crippen molar-refractivity contribution in [2.45, 2.75) is 25.2 Å². The molecule has 4 rings (SSSR count). The summed E-state index contributed by atoms with van der Waals surface area (Å²) in [5, 5.41) is 5.15. The number of fused-ring (bicyclic) bond motifs is 1. The summed E-state index contributed by atoms with van der Waals surface area (Å²) < 4.78 is 32.5. The average Bonchev–Trinajstić information content (AvgIpc) is 3.43. The Morgan fingerprint density at radius 2 is 2.00 bits per heavy atom. The number of sulfonamides is 1. The molecule has 3 aromatic rings. The Labute approximate surface area is 196 Å². The minimum Gasteiger partial charge on any atom is -0.493 e. The van der Waals surface area contributed by atoms with E-state index in [-0.39, 0.29) is 15.5 Å². The summed E-state index contributed by atoms with van der Waals surface area (Å²) in [5.74, 6) is 0.376. The molecule has 0 fully saturated rings. The van der Waals surface area contributed by atoms with E-state index in [1.807, 2.05) is 23.6 Å². The molecular formula is C22H22ClN3O4S2. The van der Waals surface area contributed by atoms with Gasteiger partial charge < -0.3 is 4.74 Å². The molecule has 2 aromatic carbocycles.